The summed E-state index contributed by atoms with van der Waals surface area (Å²) in [5.74, 6) is 2.33. The summed E-state index contributed by atoms with van der Waals surface area (Å²) in [5, 5.41) is 3.16. The zero-order valence-electron chi connectivity index (χ0n) is 28.7. The van der Waals surface area contributed by atoms with E-state index in [4.69, 9.17) is 25.2 Å². The zero-order valence-corrected chi connectivity index (χ0v) is 28.7. The molecule has 0 radical (unpaired) electrons. The van der Waals surface area contributed by atoms with Crippen molar-refractivity contribution in [2.24, 2.45) is 16.8 Å². The Kier molecular flexibility index (Phi) is 8.75. The number of benzene rings is 2. The fraction of sp³-hybridized carbons (Fsp3) is 0.385. The number of hydrogen-bond donors (Lipinski definition) is 2. The quantitative estimate of drug-likeness (QED) is 0.190. The Hall–Kier alpha value is -4.96. The molecule has 4 heterocycles. The summed E-state index contributed by atoms with van der Waals surface area (Å²) in [6.07, 6.45) is 5.79. The first-order chi connectivity index (χ1) is 23.6. The third-order valence-corrected chi connectivity index (χ3v) is 9.89. The Morgan fingerprint density at radius 3 is 2.49 bits per heavy atom. The number of nitrogens with one attached hydrogen (secondary N) is 1. The summed E-state index contributed by atoms with van der Waals surface area (Å²) < 4.78 is 11.3. The van der Waals surface area contributed by atoms with Crippen molar-refractivity contribution in [2.45, 2.75) is 51.2 Å². The molecule has 1 aliphatic carbocycles. The lowest BCUT2D eigenvalue weighted by molar-refractivity contribution is 0.0377. The number of anilines is 4. The normalized spacial score (nSPS) is 19.8. The molecule has 7 rings (SSSR count). The molecule has 2 aliphatic heterocycles. The Balaban J connectivity index is 1.19. The number of carbonyl (C=O) groups excluding carboxylic acids is 1. The Morgan fingerprint density at radius 2 is 1.82 bits per heavy atom. The molecule has 2 aromatic heterocycles. The molecule has 2 unspecified atom stereocenters. The van der Waals surface area contributed by atoms with Crippen LogP contribution in [0.25, 0.3) is 11.3 Å². The van der Waals surface area contributed by atoms with Crippen molar-refractivity contribution in [3.63, 3.8) is 0 Å². The van der Waals surface area contributed by atoms with Gasteiger partial charge in [-0.3, -0.25) is 4.99 Å². The van der Waals surface area contributed by atoms with Gasteiger partial charge in [-0.2, -0.15) is 0 Å². The number of nitrogen functional groups attached to an aromatic ring is 1. The van der Waals surface area contributed by atoms with Gasteiger partial charge in [0, 0.05) is 66.9 Å². The molecule has 3 fully saturated rings. The molecule has 0 bridgehead atoms. The van der Waals surface area contributed by atoms with E-state index in [0.717, 1.165) is 73.6 Å². The van der Waals surface area contributed by atoms with Crippen LogP contribution in [0, 0.1) is 11.8 Å². The third-order valence-electron chi connectivity index (χ3n) is 9.89. The number of pyridine rings is 2. The van der Waals surface area contributed by atoms with Crippen LogP contribution in [0.15, 0.2) is 84.0 Å². The summed E-state index contributed by atoms with van der Waals surface area (Å²) in [5.41, 5.74) is 11.7. The summed E-state index contributed by atoms with van der Waals surface area (Å²) in [4.78, 5) is 31.5. The summed E-state index contributed by atoms with van der Waals surface area (Å²) in [6, 6.07) is 24.7. The molecule has 4 aromatic rings. The van der Waals surface area contributed by atoms with E-state index in [-0.39, 0.29) is 0 Å². The van der Waals surface area contributed by atoms with Gasteiger partial charge in [-0.1, -0.05) is 24.3 Å². The maximum absolute atomic E-state index is 12.7. The molecule has 10 nitrogen and oxygen atoms in total. The van der Waals surface area contributed by atoms with E-state index < -0.39 is 17.2 Å². The smallest absolute Gasteiger partial charge is 0.408 e. The van der Waals surface area contributed by atoms with Gasteiger partial charge in [-0.15, -0.1) is 0 Å². The fourth-order valence-electron chi connectivity index (χ4n) is 7.03. The standard InChI is InChI=1S/C39H45N7O3/c1-38(2,3)49-37(47)44-39(17-7-18-39)30-11-13-31(14-12-30)45(4)36-34(42-21-27-9-6-19-41-35(27)40)16-15-33(43-36)26-8-5-10-32(20-26)46-22-28-24-48-25-29(28)23-46/h5-6,8-16,19-21,28-29H,7,17-18,22-25H2,1-4H3,(H2,40,41)(H,44,47)/b42-21+. The van der Waals surface area contributed by atoms with Gasteiger partial charge in [0.25, 0.3) is 0 Å². The second-order valence-corrected chi connectivity index (χ2v) is 14.5. The van der Waals surface area contributed by atoms with Gasteiger partial charge in [0.15, 0.2) is 5.82 Å². The number of rotatable bonds is 8. The number of alkyl carbamates (subject to hydrolysis) is 1. The van der Waals surface area contributed by atoms with Gasteiger partial charge in [0.2, 0.25) is 0 Å². The molecule has 10 heteroatoms. The molecule has 3 N–H and O–H groups in total. The van der Waals surface area contributed by atoms with E-state index in [0.29, 0.717) is 29.2 Å². The van der Waals surface area contributed by atoms with Gasteiger partial charge >= 0.3 is 6.09 Å². The number of ether oxygens (including phenoxy) is 2. The molecule has 2 aromatic carbocycles. The van der Waals surface area contributed by atoms with Crippen molar-refractivity contribution in [1.82, 2.24) is 15.3 Å². The first kappa shape index (κ1) is 32.6. The van der Waals surface area contributed by atoms with Crippen molar-refractivity contribution in [1.29, 1.82) is 0 Å². The van der Waals surface area contributed by atoms with Crippen LogP contribution in [0.1, 0.15) is 51.2 Å². The first-order valence-corrected chi connectivity index (χ1v) is 17.1. The second kappa shape index (κ2) is 13.2. The molecule has 1 amide bonds. The second-order valence-electron chi connectivity index (χ2n) is 14.5. The summed E-state index contributed by atoms with van der Waals surface area (Å²) >= 11 is 0. The number of nitrogens with zero attached hydrogens (tertiary/aromatic N) is 5. The lowest BCUT2D eigenvalue weighted by Gasteiger charge is -2.43. The molecule has 2 saturated heterocycles. The van der Waals surface area contributed by atoms with Crippen molar-refractivity contribution in [3.8, 4) is 11.3 Å². The minimum absolute atomic E-state index is 0.392. The monoisotopic (exact) mass is 659 g/mol. The number of aliphatic imine (C=N–C) groups is 1. The molecule has 49 heavy (non-hydrogen) atoms. The van der Waals surface area contributed by atoms with E-state index >= 15 is 0 Å². The average molecular weight is 660 g/mol. The van der Waals surface area contributed by atoms with Crippen LogP contribution in [0.4, 0.5) is 33.5 Å². The number of fused-ring (bicyclic) bond motifs is 1. The van der Waals surface area contributed by atoms with Gasteiger partial charge in [-0.25, -0.2) is 14.8 Å². The first-order valence-electron chi connectivity index (χ1n) is 17.1. The molecule has 254 valence electrons. The predicted molar refractivity (Wildman–Crippen MR) is 195 cm³/mol. The van der Waals surface area contributed by atoms with Crippen molar-refractivity contribution in [2.75, 3.05) is 48.9 Å². The number of aromatic nitrogens is 2. The van der Waals surface area contributed by atoms with Crippen LogP contribution in [0.2, 0.25) is 0 Å². The highest BCUT2D eigenvalue weighted by molar-refractivity contribution is 5.89. The minimum Gasteiger partial charge on any atom is -0.444 e. The van der Waals surface area contributed by atoms with Crippen LogP contribution >= 0.6 is 0 Å². The zero-order chi connectivity index (χ0) is 34.2. The van der Waals surface area contributed by atoms with Gasteiger partial charge in [0.05, 0.1) is 24.4 Å². The van der Waals surface area contributed by atoms with Crippen molar-refractivity contribution < 1.29 is 14.3 Å². The van der Waals surface area contributed by atoms with Crippen LogP contribution in [0.5, 0.6) is 0 Å². The van der Waals surface area contributed by atoms with Gasteiger partial charge in [-0.05, 0) is 94.1 Å². The lowest BCUT2D eigenvalue weighted by Crippen LogP contribution is -2.52. The minimum atomic E-state index is -0.559. The van der Waals surface area contributed by atoms with Crippen LogP contribution in [-0.4, -0.2) is 61.2 Å². The molecule has 0 spiro atoms. The predicted octanol–water partition coefficient (Wildman–Crippen LogP) is 7.23. The lowest BCUT2D eigenvalue weighted by atomic mass is 9.72. The highest BCUT2D eigenvalue weighted by Gasteiger charge is 2.41. The number of carbonyl (C=O) groups is 1. The summed E-state index contributed by atoms with van der Waals surface area (Å²) in [6.45, 7) is 9.38. The third kappa shape index (κ3) is 6.96. The van der Waals surface area contributed by atoms with Crippen molar-refractivity contribution in [3.05, 3.63) is 90.1 Å². The van der Waals surface area contributed by atoms with E-state index in [2.05, 4.69) is 63.7 Å². The van der Waals surface area contributed by atoms with E-state index in [1.54, 1.807) is 12.4 Å². The van der Waals surface area contributed by atoms with E-state index in [9.17, 15) is 4.79 Å². The number of nitrogens with two attached hydrogens (primary N) is 1. The maximum Gasteiger partial charge on any atom is 0.408 e. The molecule has 1 saturated carbocycles. The van der Waals surface area contributed by atoms with Crippen molar-refractivity contribution >= 4 is 41.0 Å². The molecular formula is C39H45N7O3. The van der Waals surface area contributed by atoms with Crippen LogP contribution in [0.3, 0.4) is 0 Å². The number of amides is 1. The molecule has 3 aliphatic rings. The Bertz CT molecular complexity index is 1840. The average Bonchev–Trinajstić information content (AvgIpc) is 3.68. The highest BCUT2D eigenvalue weighted by atomic mass is 16.6. The Labute approximate surface area is 288 Å². The highest BCUT2D eigenvalue weighted by Crippen LogP contribution is 2.43. The van der Waals surface area contributed by atoms with Gasteiger partial charge in [0.1, 0.15) is 17.1 Å². The van der Waals surface area contributed by atoms with Crippen LogP contribution in [-0.2, 0) is 15.0 Å². The largest absolute Gasteiger partial charge is 0.444 e. The molecule has 2 atom stereocenters. The summed E-state index contributed by atoms with van der Waals surface area (Å²) in [7, 11) is 2.00. The van der Waals surface area contributed by atoms with Gasteiger partial charge < -0.3 is 30.3 Å². The molecular weight excluding hydrogens is 614 g/mol. The maximum atomic E-state index is 12.7. The SMILES string of the molecule is CN(c1ccc(C2(NC(=O)OC(C)(C)C)CCC2)cc1)c1nc(-c2cccc(N3CC4COCC4C3)c2)ccc1/N=C/c1cccnc1N. The Morgan fingerprint density at radius 1 is 1.06 bits per heavy atom. The fourth-order valence-corrected chi connectivity index (χ4v) is 7.03. The van der Waals surface area contributed by atoms with E-state index in [1.807, 2.05) is 57.0 Å². The topological polar surface area (TPSA) is 118 Å². The van der Waals surface area contributed by atoms with Crippen LogP contribution < -0.4 is 20.9 Å². The number of hydrogen-bond acceptors (Lipinski definition) is 9. The van der Waals surface area contributed by atoms with E-state index in [1.165, 1.54) is 5.69 Å².